The second-order valence-corrected chi connectivity index (χ2v) is 8.40. The van der Waals surface area contributed by atoms with E-state index in [1.807, 2.05) is 6.07 Å². The van der Waals surface area contributed by atoms with Crippen LogP contribution in [0.25, 0.3) is 11.3 Å². The molecule has 0 fully saturated rings. The Kier molecular flexibility index (Phi) is 5.14. The van der Waals surface area contributed by atoms with Gasteiger partial charge in [0.1, 0.15) is 11.6 Å². The van der Waals surface area contributed by atoms with Crippen LogP contribution in [0.1, 0.15) is 12.5 Å². The topological polar surface area (TPSA) is 119 Å². The highest BCUT2D eigenvalue weighted by Crippen LogP contribution is 2.30. The second kappa shape index (κ2) is 7.39. The average Bonchev–Trinajstić information content (AvgIpc) is 2.99. The number of hydrogen-bond donors (Lipinski definition) is 2. The SMILES string of the molecule is CC(=O)Nc1cc(Nc2cc(C)cc(S(C)(=O)=O)n2)c(-c2ccn(C)n2)cn1. The van der Waals surface area contributed by atoms with E-state index in [1.165, 1.54) is 13.0 Å². The Morgan fingerprint density at radius 1 is 1.18 bits per heavy atom. The van der Waals surface area contributed by atoms with Crippen molar-refractivity contribution in [1.82, 2.24) is 19.7 Å². The molecule has 3 heterocycles. The van der Waals surface area contributed by atoms with Crippen LogP contribution in [-0.4, -0.2) is 40.3 Å². The molecule has 3 aromatic heterocycles. The van der Waals surface area contributed by atoms with Gasteiger partial charge in [0, 0.05) is 44.3 Å². The van der Waals surface area contributed by atoms with Gasteiger partial charge in [-0.15, -0.1) is 0 Å². The zero-order chi connectivity index (χ0) is 20.5. The molecule has 0 aliphatic carbocycles. The predicted molar refractivity (Wildman–Crippen MR) is 106 cm³/mol. The summed E-state index contributed by atoms with van der Waals surface area (Å²) in [4.78, 5) is 19.8. The van der Waals surface area contributed by atoms with Crippen molar-refractivity contribution in [2.45, 2.75) is 18.9 Å². The lowest BCUT2D eigenvalue weighted by atomic mass is 10.1. The van der Waals surface area contributed by atoms with E-state index >= 15 is 0 Å². The molecule has 0 atom stereocenters. The molecule has 0 aliphatic rings. The summed E-state index contributed by atoms with van der Waals surface area (Å²) in [6.07, 6.45) is 4.50. The number of nitrogens with one attached hydrogen (secondary N) is 2. The molecule has 1 amide bonds. The highest BCUT2D eigenvalue weighted by Gasteiger charge is 2.15. The molecule has 0 bridgehead atoms. The van der Waals surface area contributed by atoms with Gasteiger partial charge in [0.2, 0.25) is 5.91 Å². The maximum Gasteiger partial charge on any atom is 0.222 e. The van der Waals surface area contributed by atoms with Crippen LogP contribution in [0.5, 0.6) is 0 Å². The van der Waals surface area contributed by atoms with Gasteiger partial charge in [-0.05, 0) is 30.7 Å². The Morgan fingerprint density at radius 2 is 1.93 bits per heavy atom. The van der Waals surface area contributed by atoms with Crippen molar-refractivity contribution < 1.29 is 13.2 Å². The predicted octanol–water partition coefficient (Wildman–Crippen LogP) is 2.29. The van der Waals surface area contributed by atoms with E-state index in [9.17, 15) is 13.2 Å². The van der Waals surface area contributed by atoms with Crippen molar-refractivity contribution in [3.05, 3.63) is 42.2 Å². The molecule has 2 N–H and O–H groups in total. The van der Waals surface area contributed by atoms with Gasteiger partial charge in [0.15, 0.2) is 14.9 Å². The van der Waals surface area contributed by atoms with E-state index in [2.05, 4.69) is 25.7 Å². The molecule has 0 unspecified atom stereocenters. The van der Waals surface area contributed by atoms with Gasteiger partial charge in [-0.2, -0.15) is 5.10 Å². The molecule has 0 aromatic carbocycles. The average molecular weight is 400 g/mol. The first-order valence-corrected chi connectivity index (χ1v) is 10.2. The van der Waals surface area contributed by atoms with E-state index in [0.29, 0.717) is 28.6 Å². The number of hydrogen-bond acceptors (Lipinski definition) is 7. The van der Waals surface area contributed by atoms with Crippen LogP contribution in [0.3, 0.4) is 0 Å². The van der Waals surface area contributed by atoms with E-state index in [1.54, 1.807) is 43.2 Å². The zero-order valence-electron chi connectivity index (χ0n) is 15.9. The summed E-state index contributed by atoms with van der Waals surface area (Å²) in [6.45, 7) is 3.18. The molecule has 0 spiro atoms. The van der Waals surface area contributed by atoms with Crippen LogP contribution in [-0.2, 0) is 21.7 Å². The highest BCUT2D eigenvalue weighted by atomic mass is 32.2. The number of sulfone groups is 1. The molecular weight excluding hydrogens is 380 g/mol. The van der Waals surface area contributed by atoms with Gasteiger partial charge in [-0.1, -0.05) is 0 Å². The Morgan fingerprint density at radius 3 is 2.54 bits per heavy atom. The fourth-order valence-corrected chi connectivity index (χ4v) is 3.26. The summed E-state index contributed by atoms with van der Waals surface area (Å²) in [5.74, 6) is 0.459. The number of nitrogens with zero attached hydrogens (tertiary/aromatic N) is 4. The summed E-state index contributed by atoms with van der Waals surface area (Å²) in [5.41, 5.74) is 2.67. The lowest BCUT2D eigenvalue weighted by molar-refractivity contribution is -0.114. The van der Waals surface area contributed by atoms with Gasteiger partial charge in [0.05, 0.1) is 11.4 Å². The maximum absolute atomic E-state index is 11.9. The van der Waals surface area contributed by atoms with Crippen LogP contribution in [0.15, 0.2) is 41.7 Å². The Labute approximate surface area is 162 Å². The minimum absolute atomic E-state index is 0.0227. The molecule has 10 heteroatoms. The fraction of sp³-hybridized carbons (Fsp3) is 0.222. The monoisotopic (exact) mass is 400 g/mol. The van der Waals surface area contributed by atoms with Gasteiger partial charge < -0.3 is 10.6 Å². The molecular formula is C18H20N6O3S. The molecule has 0 saturated heterocycles. The van der Waals surface area contributed by atoms with Gasteiger partial charge in [-0.25, -0.2) is 18.4 Å². The van der Waals surface area contributed by atoms with E-state index in [0.717, 1.165) is 11.8 Å². The quantitative estimate of drug-likeness (QED) is 0.674. The van der Waals surface area contributed by atoms with Crippen LogP contribution in [0.2, 0.25) is 0 Å². The lowest BCUT2D eigenvalue weighted by Crippen LogP contribution is -2.09. The van der Waals surface area contributed by atoms with E-state index < -0.39 is 9.84 Å². The number of carbonyl (C=O) groups excluding carboxylic acids is 1. The summed E-state index contributed by atoms with van der Waals surface area (Å²) in [6, 6.07) is 6.71. The van der Waals surface area contributed by atoms with Gasteiger partial charge in [-0.3, -0.25) is 9.48 Å². The Hall–Kier alpha value is -3.27. The maximum atomic E-state index is 11.9. The first-order chi connectivity index (χ1) is 13.1. The molecule has 0 aliphatic heterocycles. The van der Waals surface area contributed by atoms with Crippen molar-refractivity contribution in [2.75, 3.05) is 16.9 Å². The minimum atomic E-state index is -3.46. The molecule has 0 radical (unpaired) electrons. The molecule has 146 valence electrons. The molecule has 9 nitrogen and oxygen atoms in total. The second-order valence-electron chi connectivity index (χ2n) is 6.44. The third-order valence-electron chi connectivity index (χ3n) is 3.79. The number of rotatable bonds is 5. The summed E-state index contributed by atoms with van der Waals surface area (Å²) < 4.78 is 25.5. The number of aromatic nitrogens is 4. The van der Waals surface area contributed by atoms with Crippen molar-refractivity contribution in [3.8, 4) is 11.3 Å². The van der Waals surface area contributed by atoms with Gasteiger partial charge in [0.25, 0.3) is 0 Å². The van der Waals surface area contributed by atoms with Crippen LogP contribution in [0.4, 0.5) is 17.3 Å². The van der Waals surface area contributed by atoms with Crippen molar-refractivity contribution in [3.63, 3.8) is 0 Å². The molecule has 3 rings (SSSR count). The van der Waals surface area contributed by atoms with Crippen LogP contribution < -0.4 is 10.6 Å². The third-order valence-corrected chi connectivity index (χ3v) is 4.76. The molecule has 0 saturated carbocycles. The first-order valence-electron chi connectivity index (χ1n) is 8.35. The normalized spacial score (nSPS) is 11.3. The van der Waals surface area contributed by atoms with Crippen molar-refractivity contribution in [1.29, 1.82) is 0 Å². The first kappa shape index (κ1) is 19.5. The fourth-order valence-electron chi connectivity index (χ4n) is 2.60. The largest absolute Gasteiger partial charge is 0.339 e. The number of amides is 1. The summed E-state index contributed by atoms with van der Waals surface area (Å²) in [5, 5.41) is 10.1. The number of aryl methyl sites for hydroxylation is 2. The molecule has 3 aromatic rings. The molecule has 28 heavy (non-hydrogen) atoms. The summed E-state index contributed by atoms with van der Waals surface area (Å²) in [7, 11) is -1.66. The smallest absolute Gasteiger partial charge is 0.222 e. The zero-order valence-corrected chi connectivity index (χ0v) is 16.7. The Bertz CT molecular complexity index is 1150. The van der Waals surface area contributed by atoms with Crippen molar-refractivity contribution >= 4 is 33.1 Å². The third kappa shape index (κ3) is 4.52. The van der Waals surface area contributed by atoms with E-state index in [-0.39, 0.29) is 10.9 Å². The lowest BCUT2D eigenvalue weighted by Gasteiger charge is -2.13. The number of anilines is 3. The summed E-state index contributed by atoms with van der Waals surface area (Å²) >= 11 is 0. The van der Waals surface area contributed by atoms with Crippen LogP contribution >= 0.6 is 0 Å². The van der Waals surface area contributed by atoms with E-state index in [4.69, 9.17) is 0 Å². The van der Waals surface area contributed by atoms with Gasteiger partial charge >= 0.3 is 0 Å². The number of carbonyl (C=O) groups is 1. The highest BCUT2D eigenvalue weighted by molar-refractivity contribution is 7.90. The minimum Gasteiger partial charge on any atom is -0.339 e. The Balaban J connectivity index is 2.09. The standard InChI is InChI=1S/C18H20N6O3S/c1-11-7-17(22-18(8-11)28(4,26)27)21-15-9-16(20-12(2)25)19-10-13(15)14-5-6-24(3)23-14/h5-10H,1-4H3,(H2,19,20,21,22,25). The number of pyridine rings is 2. The van der Waals surface area contributed by atoms with Crippen LogP contribution in [0, 0.1) is 6.92 Å². The van der Waals surface area contributed by atoms with Crippen molar-refractivity contribution in [2.24, 2.45) is 7.05 Å².